The van der Waals surface area contributed by atoms with Crippen LogP contribution < -0.4 is 0 Å². The summed E-state index contributed by atoms with van der Waals surface area (Å²) in [6, 6.07) is 3.15. The normalized spacial score (nSPS) is 9.90. The SMILES string of the molecule is CCN(CC(=O)OC)C(=O)c1cc(O)ccc1[N+](=O)[O-]. The molecule has 1 aromatic rings. The third kappa shape index (κ3) is 3.44. The quantitative estimate of drug-likeness (QED) is 0.489. The van der Waals surface area contributed by atoms with E-state index < -0.39 is 22.5 Å². The van der Waals surface area contributed by atoms with Gasteiger partial charge in [-0.2, -0.15) is 0 Å². The fourth-order valence-corrected chi connectivity index (χ4v) is 1.57. The van der Waals surface area contributed by atoms with Gasteiger partial charge < -0.3 is 14.7 Å². The molecule has 0 spiro atoms. The van der Waals surface area contributed by atoms with Crippen LogP contribution in [-0.4, -0.2) is 47.0 Å². The number of benzene rings is 1. The van der Waals surface area contributed by atoms with Crippen molar-refractivity contribution in [1.82, 2.24) is 4.90 Å². The Morgan fingerprint density at radius 3 is 2.60 bits per heavy atom. The number of esters is 1. The molecule has 0 heterocycles. The van der Waals surface area contributed by atoms with Gasteiger partial charge in [-0.1, -0.05) is 0 Å². The lowest BCUT2D eigenvalue weighted by Gasteiger charge is -2.19. The molecule has 0 saturated heterocycles. The number of methoxy groups -OCH3 is 1. The standard InChI is InChI=1S/C12H14N2O6/c1-3-13(7-11(16)20-2)12(17)9-6-8(15)4-5-10(9)14(18)19/h4-6,15H,3,7H2,1-2H3. The number of hydrogen-bond acceptors (Lipinski definition) is 6. The number of nitro groups is 1. The molecule has 8 heteroatoms. The average molecular weight is 282 g/mol. The molecule has 1 N–H and O–H groups in total. The van der Waals surface area contributed by atoms with Crippen LogP contribution in [0.25, 0.3) is 0 Å². The van der Waals surface area contributed by atoms with E-state index in [-0.39, 0.29) is 24.4 Å². The third-order valence-corrected chi connectivity index (χ3v) is 2.62. The maximum absolute atomic E-state index is 12.2. The number of rotatable bonds is 5. The zero-order valence-electron chi connectivity index (χ0n) is 11.0. The number of aromatic hydroxyl groups is 1. The van der Waals surface area contributed by atoms with Gasteiger partial charge in [0.25, 0.3) is 11.6 Å². The number of phenols is 1. The molecule has 0 aliphatic heterocycles. The van der Waals surface area contributed by atoms with Crippen molar-refractivity contribution < 1.29 is 24.4 Å². The van der Waals surface area contributed by atoms with E-state index in [9.17, 15) is 24.8 Å². The number of carbonyl (C=O) groups excluding carboxylic acids is 2. The Morgan fingerprint density at radius 2 is 2.10 bits per heavy atom. The number of phenolic OH excluding ortho intramolecular Hbond substituents is 1. The number of carbonyl (C=O) groups is 2. The minimum atomic E-state index is -0.724. The van der Waals surface area contributed by atoms with Crippen molar-refractivity contribution in [3.63, 3.8) is 0 Å². The molecule has 0 unspecified atom stereocenters. The van der Waals surface area contributed by atoms with Gasteiger partial charge in [0, 0.05) is 12.6 Å². The second-order valence-electron chi connectivity index (χ2n) is 3.85. The summed E-state index contributed by atoms with van der Waals surface area (Å²) in [7, 11) is 1.18. The smallest absolute Gasteiger partial charge is 0.325 e. The second-order valence-corrected chi connectivity index (χ2v) is 3.85. The van der Waals surface area contributed by atoms with Crippen LogP contribution in [-0.2, 0) is 9.53 Å². The van der Waals surface area contributed by atoms with Crippen LogP contribution in [0.1, 0.15) is 17.3 Å². The second kappa shape index (κ2) is 6.50. The molecule has 108 valence electrons. The molecule has 0 aliphatic rings. The van der Waals surface area contributed by atoms with Crippen LogP contribution in [0.15, 0.2) is 18.2 Å². The summed E-state index contributed by atoms with van der Waals surface area (Å²) in [6.45, 7) is 1.47. The first-order valence-electron chi connectivity index (χ1n) is 5.74. The maximum Gasteiger partial charge on any atom is 0.325 e. The Morgan fingerprint density at radius 1 is 1.45 bits per heavy atom. The summed E-state index contributed by atoms with van der Waals surface area (Å²) in [6.07, 6.45) is 0. The Kier molecular flexibility index (Phi) is 5.01. The lowest BCUT2D eigenvalue weighted by molar-refractivity contribution is -0.385. The molecular formula is C12H14N2O6. The first-order chi connectivity index (χ1) is 9.40. The van der Waals surface area contributed by atoms with E-state index in [0.29, 0.717) is 0 Å². The summed E-state index contributed by atoms with van der Waals surface area (Å²) in [4.78, 5) is 34.7. The molecule has 0 atom stereocenters. The predicted molar refractivity (Wildman–Crippen MR) is 68.4 cm³/mol. The monoisotopic (exact) mass is 282 g/mol. The molecule has 8 nitrogen and oxygen atoms in total. The molecule has 0 bridgehead atoms. The average Bonchev–Trinajstić information content (AvgIpc) is 2.43. The van der Waals surface area contributed by atoms with Crippen molar-refractivity contribution in [2.24, 2.45) is 0 Å². The summed E-state index contributed by atoms with van der Waals surface area (Å²) in [5, 5.41) is 20.3. The highest BCUT2D eigenvalue weighted by atomic mass is 16.6. The third-order valence-electron chi connectivity index (χ3n) is 2.62. The number of amides is 1. The molecule has 0 saturated carbocycles. The highest BCUT2D eigenvalue weighted by molar-refractivity contribution is 5.99. The van der Waals surface area contributed by atoms with Gasteiger partial charge in [0.1, 0.15) is 17.9 Å². The van der Waals surface area contributed by atoms with E-state index in [1.165, 1.54) is 7.11 Å². The van der Waals surface area contributed by atoms with Crippen LogP contribution in [0, 0.1) is 10.1 Å². The number of ether oxygens (including phenoxy) is 1. The van der Waals surface area contributed by atoms with Crippen LogP contribution in [0.5, 0.6) is 5.75 Å². The molecule has 20 heavy (non-hydrogen) atoms. The van der Waals surface area contributed by atoms with Gasteiger partial charge in [-0.15, -0.1) is 0 Å². The number of hydrogen-bond donors (Lipinski definition) is 1. The summed E-state index contributed by atoms with van der Waals surface area (Å²) in [5.74, 6) is -1.63. The molecule has 0 aromatic heterocycles. The van der Waals surface area contributed by atoms with Gasteiger partial charge in [0.05, 0.1) is 12.0 Å². The van der Waals surface area contributed by atoms with E-state index >= 15 is 0 Å². The van der Waals surface area contributed by atoms with Crippen molar-refractivity contribution in [1.29, 1.82) is 0 Å². The van der Waals surface area contributed by atoms with Gasteiger partial charge in [-0.25, -0.2) is 0 Å². The summed E-state index contributed by atoms with van der Waals surface area (Å²) >= 11 is 0. The first-order valence-corrected chi connectivity index (χ1v) is 5.74. The van der Waals surface area contributed by atoms with Gasteiger partial charge in [0.15, 0.2) is 0 Å². The minimum Gasteiger partial charge on any atom is -0.508 e. The molecule has 1 rings (SSSR count). The van der Waals surface area contributed by atoms with E-state index in [2.05, 4.69) is 4.74 Å². The van der Waals surface area contributed by atoms with E-state index in [0.717, 1.165) is 23.1 Å². The lowest BCUT2D eigenvalue weighted by Crippen LogP contribution is -2.36. The van der Waals surface area contributed by atoms with Gasteiger partial charge in [-0.05, 0) is 19.1 Å². The van der Waals surface area contributed by atoms with Gasteiger partial charge in [-0.3, -0.25) is 19.7 Å². The van der Waals surface area contributed by atoms with Gasteiger partial charge in [0.2, 0.25) is 0 Å². The van der Waals surface area contributed by atoms with Crippen LogP contribution in [0.3, 0.4) is 0 Å². The lowest BCUT2D eigenvalue weighted by atomic mass is 10.1. The number of likely N-dealkylation sites (N-methyl/N-ethyl adjacent to an activating group) is 1. The molecule has 0 aliphatic carbocycles. The van der Waals surface area contributed by atoms with E-state index in [1.54, 1.807) is 6.92 Å². The fraction of sp³-hybridized carbons (Fsp3) is 0.333. The van der Waals surface area contributed by atoms with Crippen molar-refractivity contribution in [3.05, 3.63) is 33.9 Å². The Bertz CT molecular complexity index is 543. The van der Waals surface area contributed by atoms with E-state index in [1.807, 2.05) is 0 Å². The highest BCUT2D eigenvalue weighted by Crippen LogP contribution is 2.24. The molecule has 1 amide bonds. The summed E-state index contributed by atoms with van der Waals surface area (Å²) in [5.41, 5.74) is -0.711. The van der Waals surface area contributed by atoms with Crippen molar-refractivity contribution in [2.75, 3.05) is 20.2 Å². The molecule has 1 aromatic carbocycles. The first kappa shape index (κ1) is 15.4. The van der Waals surface area contributed by atoms with Crippen LogP contribution in [0.2, 0.25) is 0 Å². The maximum atomic E-state index is 12.2. The Balaban J connectivity index is 3.14. The fourth-order valence-electron chi connectivity index (χ4n) is 1.57. The number of nitro benzene ring substituents is 1. The Labute approximate surface area is 114 Å². The predicted octanol–water partition coefficient (Wildman–Crippen LogP) is 0.935. The minimum absolute atomic E-state index is 0.167. The zero-order valence-corrected chi connectivity index (χ0v) is 11.0. The van der Waals surface area contributed by atoms with Crippen LogP contribution >= 0.6 is 0 Å². The van der Waals surface area contributed by atoms with Crippen LogP contribution in [0.4, 0.5) is 5.69 Å². The molecule has 0 fully saturated rings. The molecular weight excluding hydrogens is 268 g/mol. The van der Waals surface area contributed by atoms with Crippen molar-refractivity contribution >= 4 is 17.6 Å². The molecule has 0 radical (unpaired) electrons. The Hall–Kier alpha value is -2.64. The zero-order chi connectivity index (χ0) is 15.3. The highest BCUT2D eigenvalue weighted by Gasteiger charge is 2.26. The van der Waals surface area contributed by atoms with E-state index in [4.69, 9.17) is 0 Å². The van der Waals surface area contributed by atoms with Crippen molar-refractivity contribution in [2.45, 2.75) is 6.92 Å². The number of nitrogens with zero attached hydrogens (tertiary/aromatic N) is 2. The van der Waals surface area contributed by atoms with Gasteiger partial charge >= 0.3 is 5.97 Å². The topological polar surface area (TPSA) is 110 Å². The largest absolute Gasteiger partial charge is 0.508 e. The van der Waals surface area contributed by atoms with Crippen molar-refractivity contribution in [3.8, 4) is 5.75 Å². The summed E-state index contributed by atoms with van der Waals surface area (Å²) < 4.78 is 4.45.